The molecule has 1 amide bonds. The quantitative estimate of drug-likeness (QED) is 0.734. The third-order valence-corrected chi connectivity index (χ3v) is 5.84. The molecule has 0 N–H and O–H groups in total. The van der Waals surface area contributed by atoms with Crippen LogP contribution in [0.5, 0.6) is 0 Å². The lowest BCUT2D eigenvalue weighted by atomic mass is 10.2. The van der Waals surface area contributed by atoms with Crippen LogP contribution in [0.1, 0.15) is 0 Å². The first-order valence-electron chi connectivity index (χ1n) is 8.87. The van der Waals surface area contributed by atoms with Crippen molar-refractivity contribution in [3.05, 3.63) is 59.9 Å². The molecule has 0 saturated carbocycles. The lowest BCUT2D eigenvalue weighted by Crippen LogP contribution is -2.52. The number of piperazine rings is 1. The maximum atomic E-state index is 13.9. The molecular formula is C19H20F3N3O3S. The van der Waals surface area contributed by atoms with E-state index in [1.54, 1.807) is 18.2 Å². The van der Waals surface area contributed by atoms with Crippen LogP contribution in [0.3, 0.4) is 0 Å². The smallest absolute Gasteiger partial charge is 0.243 e. The van der Waals surface area contributed by atoms with Gasteiger partial charge in [-0.3, -0.25) is 9.10 Å². The Balaban J connectivity index is 1.69. The maximum absolute atomic E-state index is 13.9. The molecule has 2 aromatic carbocycles. The summed E-state index contributed by atoms with van der Waals surface area (Å²) in [7, 11) is -3.90. The minimum atomic E-state index is -3.90. The van der Waals surface area contributed by atoms with E-state index < -0.39 is 34.1 Å². The van der Waals surface area contributed by atoms with Gasteiger partial charge in [-0.15, -0.1) is 0 Å². The van der Waals surface area contributed by atoms with Crippen LogP contribution in [-0.4, -0.2) is 58.2 Å². The molecule has 29 heavy (non-hydrogen) atoms. The summed E-state index contributed by atoms with van der Waals surface area (Å²) in [5.74, 6) is -3.15. The normalized spacial score (nSPS) is 14.8. The van der Waals surface area contributed by atoms with Crippen LogP contribution in [0, 0.1) is 17.5 Å². The second-order valence-electron chi connectivity index (χ2n) is 6.69. The highest BCUT2D eigenvalue weighted by Crippen LogP contribution is 2.22. The van der Waals surface area contributed by atoms with Crippen LogP contribution >= 0.6 is 0 Å². The Morgan fingerprint density at radius 3 is 2.21 bits per heavy atom. The topological polar surface area (TPSA) is 60.9 Å². The number of carbonyl (C=O) groups is 1. The van der Waals surface area contributed by atoms with Crippen molar-refractivity contribution in [3.8, 4) is 0 Å². The third-order valence-electron chi connectivity index (χ3n) is 4.70. The summed E-state index contributed by atoms with van der Waals surface area (Å²) < 4.78 is 65.6. The van der Waals surface area contributed by atoms with Crippen molar-refractivity contribution in [2.75, 3.05) is 48.2 Å². The Bertz CT molecular complexity index is 1010. The van der Waals surface area contributed by atoms with E-state index in [0.717, 1.165) is 28.8 Å². The first-order valence-corrected chi connectivity index (χ1v) is 10.7. The molecule has 10 heteroatoms. The molecular weight excluding hydrogens is 407 g/mol. The van der Waals surface area contributed by atoms with Gasteiger partial charge in [-0.1, -0.05) is 12.1 Å². The van der Waals surface area contributed by atoms with Crippen molar-refractivity contribution in [3.63, 3.8) is 0 Å². The summed E-state index contributed by atoms with van der Waals surface area (Å²) >= 11 is 0. The molecule has 1 heterocycles. The number of carbonyl (C=O) groups excluding carboxylic acids is 1. The van der Waals surface area contributed by atoms with Gasteiger partial charge in [0.05, 0.1) is 17.6 Å². The molecule has 1 fully saturated rings. The van der Waals surface area contributed by atoms with Gasteiger partial charge in [-0.25, -0.2) is 21.6 Å². The van der Waals surface area contributed by atoms with Crippen molar-refractivity contribution in [1.82, 2.24) is 4.90 Å². The lowest BCUT2D eigenvalue weighted by Gasteiger charge is -2.37. The molecule has 1 aliphatic heterocycles. The highest BCUT2D eigenvalue weighted by molar-refractivity contribution is 7.92. The van der Waals surface area contributed by atoms with Gasteiger partial charge >= 0.3 is 0 Å². The second-order valence-corrected chi connectivity index (χ2v) is 8.59. The molecule has 6 nitrogen and oxygen atoms in total. The predicted octanol–water partition coefficient (Wildman–Crippen LogP) is 2.22. The van der Waals surface area contributed by atoms with Crippen LogP contribution in [-0.2, 0) is 14.8 Å². The fourth-order valence-corrected chi connectivity index (χ4v) is 4.01. The molecule has 1 saturated heterocycles. The van der Waals surface area contributed by atoms with Crippen molar-refractivity contribution >= 4 is 27.3 Å². The molecule has 2 aromatic rings. The average molecular weight is 427 g/mol. The largest absolute Gasteiger partial charge is 0.366 e. The number of hydrogen-bond donors (Lipinski definition) is 0. The van der Waals surface area contributed by atoms with Gasteiger partial charge in [-0.2, -0.15) is 0 Å². The summed E-state index contributed by atoms with van der Waals surface area (Å²) in [5, 5.41) is 0. The molecule has 0 aliphatic carbocycles. The Hall–Kier alpha value is -2.75. The molecule has 0 radical (unpaired) electrons. The van der Waals surface area contributed by atoms with E-state index in [1.165, 1.54) is 11.0 Å². The average Bonchev–Trinajstić information content (AvgIpc) is 2.68. The number of anilines is 2. The van der Waals surface area contributed by atoms with Crippen LogP contribution in [0.4, 0.5) is 24.5 Å². The molecule has 0 unspecified atom stereocenters. The third kappa shape index (κ3) is 4.81. The number of benzene rings is 2. The van der Waals surface area contributed by atoms with Gasteiger partial charge in [-0.05, 0) is 24.3 Å². The molecule has 156 valence electrons. The lowest BCUT2D eigenvalue weighted by molar-refractivity contribution is -0.129. The first-order chi connectivity index (χ1) is 13.7. The van der Waals surface area contributed by atoms with Gasteiger partial charge in [0.1, 0.15) is 12.4 Å². The van der Waals surface area contributed by atoms with E-state index in [9.17, 15) is 26.4 Å². The molecule has 0 atom stereocenters. The molecule has 0 aromatic heterocycles. The Kier molecular flexibility index (Phi) is 6.02. The fourth-order valence-electron chi connectivity index (χ4n) is 3.17. The highest BCUT2D eigenvalue weighted by Gasteiger charge is 2.27. The summed E-state index contributed by atoms with van der Waals surface area (Å²) in [4.78, 5) is 15.9. The first kappa shape index (κ1) is 21.0. The van der Waals surface area contributed by atoms with Gasteiger partial charge in [0.2, 0.25) is 15.9 Å². The number of hydrogen-bond acceptors (Lipinski definition) is 4. The van der Waals surface area contributed by atoms with Crippen molar-refractivity contribution in [2.24, 2.45) is 0 Å². The Labute approximate surface area is 167 Å². The SMILES string of the molecule is CS(=O)(=O)N(CC(=O)N1CCN(c2ccccc2F)CC1)c1ccc(F)c(F)c1. The number of rotatable bonds is 5. The number of halogens is 3. The molecule has 3 rings (SSSR count). The molecule has 0 spiro atoms. The van der Waals surface area contributed by atoms with Gasteiger partial charge in [0.15, 0.2) is 11.6 Å². The summed E-state index contributed by atoms with van der Waals surface area (Å²) in [5.41, 5.74) is 0.309. The van der Waals surface area contributed by atoms with Crippen molar-refractivity contribution in [2.45, 2.75) is 0 Å². The number of amides is 1. The van der Waals surface area contributed by atoms with E-state index >= 15 is 0 Å². The molecule has 0 bridgehead atoms. The number of para-hydroxylation sites is 1. The minimum absolute atomic E-state index is 0.134. The van der Waals surface area contributed by atoms with Crippen LogP contribution in [0.25, 0.3) is 0 Å². The number of nitrogens with zero attached hydrogens (tertiary/aromatic N) is 3. The van der Waals surface area contributed by atoms with Gasteiger partial charge < -0.3 is 9.80 Å². The summed E-state index contributed by atoms with van der Waals surface area (Å²) in [6, 6.07) is 8.97. The van der Waals surface area contributed by atoms with Crippen molar-refractivity contribution in [1.29, 1.82) is 0 Å². The number of sulfonamides is 1. The van der Waals surface area contributed by atoms with Crippen molar-refractivity contribution < 1.29 is 26.4 Å². The van der Waals surface area contributed by atoms with Crippen LogP contribution in [0.15, 0.2) is 42.5 Å². The van der Waals surface area contributed by atoms with E-state index in [4.69, 9.17) is 0 Å². The second kappa shape index (κ2) is 8.32. The van der Waals surface area contributed by atoms with E-state index in [-0.39, 0.29) is 24.6 Å². The Morgan fingerprint density at radius 1 is 0.966 bits per heavy atom. The standard InChI is InChI=1S/C19H20F3N3O3S/c1-29(27,28)25(14-6-7-15(20)17(22)12-14)13-19(26)24-10-8-23(9-11-24)18-5-3-2-4-16(18)21/h2-7,12H,8-11,13H2,1H3. The summed E-state index contributed by atoms with van der Waals surface area (Å²) in [6.07, 6.45) is 0.887. The zero-order valence-corrected chi connectivity index (χ0v) is 16.5. The van der Waals surface area contributed by atoms with Gasteiger partial charge in [0.25, 0.3) is 0 Å². The van der Waals surface area contributed by atoms with Gasteiger partial charge in [0, 0.05) is 32.2 Å². The minimum Gasteiger partial charge on any atom is -0.366 e. The summed E-state index contributed by atoms with van der Waals surface area (Å²) in [6.45, 7) is 0.794. The van der Waals surface area contributed by atoms with Crippen LogP contribution in [0.2, 0.25) is 0 Å². The highest BCUT2D eigenvalue weighted by atomic mass is 32.2. The molecule has 1 aliphatic rings. The monoisotopic (exact) mass is 427 g/mol. The maximum Gasteiger partial charge on any atom is 0.243 e. The Morgan fingerprint density at radius 2 is 1.62 bits per heavy atom. The zero-order chi connectivity index (χ0) is 21.2. The van der Waals surface area contributed by atoms with E-state index in [1.807, 2.05) is 4.90 Å². The predicted molar refractivity (Wildman–Crippen MR) is 104 cm³/mol. The van der Waals surface area contributed by atoms with E-state index in [0.29, 0.717) is 18.8 Å². The zero-order valence-electron chi connectivity index (χ0n) is 15.7. The van der Waals surface area contributed by atoms with Crippen LogP contribution < -0.4 is 9.21 Å². The fraction of sp³-hybridized carbons (Fsp3) is 0.316. The van der Waals surface area contributed by atoms with E-state index in [2.05, 4.69) is 0 Å².